The number of carboxylic acids is 3. The van der Waals surface area contributed by atoms with Gasteiger partial charge < -0.3 is 15.3 Å². The van der Waals surface area contributed by atoms with Crippen molar-refractivity contribution in [2.75, 3.05) is 13.1 Å². The lowest BCUT2D eigenvalue weighted by Crippen LogP contribution is -2.46. The van der Waals surface area contributed by atoms with Crippen molar-refractivity contribution in [2.45, 2.75) is 32.2 Å². The monoisotopic (exact) mass is 247 g/mol. The molecular formula is C10H17NO6. The molecule has 7 nitrogen and oxygen atoms in total. The zero-order valence-corrected chi connectivity index (χ0v) is 9.63. The Bertz CT molecular complexity index is 275. The molecule has 0 aromatic rings. The average molecular weight is 247 g/mol. The summed E-state index contributed by atoms with van der Waals surface area (Å²) in [5.74, 6) is -3.68. The Balaban J connectivity index is 4.72. The molecule has 0 bridgehead atoms. The van der Waals surface area contributed by atoms with Gasteiger partial charge in [-0.15, -0.1) is 0 Å². The number of carbonyl (C=O) groups is 3. The summed E-state index contributed by atoms with van der Waals surface area (Å²) in [6, 6.07) is -1.07. The van der Waals surface area contributed by atoms with Crippen LogP contribution in [-0.4, -0.2) is 57.3 Å². The lowest BCUT2D eigenvalue weighted by Gasteiger charge is -2.25. The van der Waals surface area contributed by atoms with E-state index in [-0.39, 0.29) is 6.42 Å². The zero-order valence-electron chi connectivity index (χ0n) is 9.63. The second kappa shape index (κ2) is 7.61. The van der Waals surface area contributed by atoms with Crippen LogP contribution in [0.3, 0.4) is 0 Å². The van der Waals surface area contributed by atoms with Crippen LogP contribution in [0.5, 0.6) is 0 Å². The van der Waals surface area contributed by atoms with E-state index in [0.717, 1.165) is 11.3 Å². The Morgan fingerprint density at radius 3 is 1.82 bits per heavy atom. The summed E-state index contributed by atoms with van der Waals surface area (Å²) < 4.78 is 0. The summed E-state index contributed by atoms with van der Waals surface area (Å²) in [7, 11) is 0. The van der Waals surface area contributed by atoms with Gasteiger partial charge in [-0.05, 0) is 6.42 Å². The number of carboxylic acid groups (broad SMARTS) is 3. The minimum absolute atomic E-state index is 0.242. The maximum atomic E-state index is 11.0. The summed E-state index contributed by atoms with van der Waals surface area (Å²) in [6.45, 7) is 0.692. The second-order valence-electron chi connectivity index (χ2n) is 3.69. The molecule has 0 saturated heterocycles. The van der Waals surface area contributed by atoms with Gasteiger partial charge in [0.05, 0.1) is 13.1 Å². The van der Waals surface area contributed by atoms with E-state index in [9.17, 15) is 14.4 Å². The molecule has 0 aromatic carbocycles. The van der Waals surface area contributed by atoms with Gasteiger partial charge in [-0.25, -0.2) is 0 Å². The molecule has 0 fully saturated rings. The molecule has 0 rings (SSSR count). The summed E-state index contributed by atoms with van der Waals surface area (Å²) in [6.07, 6.45) is 1.61. The molecule has 98 valence electrons. The maximum Gasteiger partial charge on any atom is 0.320 e. The lowest BCUT2D eigenvalue weighted by molar-refractivity contribution is -0.149. The maximum absolute atomic E-state index is 11.0. The number of nitrogens with zero attached hydrogens (tertiary/aromatic N) is 1. The van der Waals surface area contributed by atoms with Crippen molar-refractivity contribution < 1.29 is 29.7 Å². The Hall–Kier alpha value is -1.63. The Kier molecular flexibility index (Phi) is 6.88. The molecule has 17 heavy (non-hydrogen) atoms. The van der Waals surface area contributed by atoms with Crippen molar-refractivity contribution in [3.63, 3.8) is 0 Å². The van der Waals surface area contributed by atoms with Crippen molar-refractivity contribution in [2.24, 2.45) is 0 Å². The van der Waals surface area contributed by atoms with Crippen LogP contribution in [-0.2, 0) is 14.4 Å². The van der Waals surface area contributed by atoms with Crippen molar-refractivity contribution in [3.05, 3.63) is 0 Å². The van der Waals surface area contributed by atoms with Gasteiger partial charge in [-0.3, -0.25) is 19.3 Å². The predicted molar refractivity (Wildman–Crippen MR) is 57.8 cm³/mol. The second-order valence-corrected chi connectivity index (χ2v) is 3.69. The highest BCUT2D eigenvalue weighted by molar-refractivity contribution is 5.78. The van der Waals surface area contributed by atoms with Gasteiger partial charge in [0.2, 0.25) is 0 Å². The van der Waals surface area contributed by atoms with Crippen LogP contribution in [0.25, 0.3) is 0 Å². The number of rotatable bonds is 9. The van der Waals surface area contributed by atoms with E-state index in [2.05, 4.69) is 0 Å². The SMILES string of the molecule is CCCCC(C(=O)O)N(CC(=O)O)CC(=O)O. The fourth-order valence-corrected chi connectivity index (χ4v) is 1.48. The summed E-state index contributed by atoms with van der Waals surface area (Å²) >= 11 is 0. The third-order valence-corrected chi connectivity index (χ3v) is 2.23. The molecule has 0 aliphatic heterocycles. The van der Waals surface area contributed by atoms with E-state index in [0.29, 0.717) is 6.42 Å². The summed E-state index contributed by atoms with van der Waals surface area (Å²) in [5, 5.41) is 26.2. The van der Waals surface area contributed by atoms with Gasteiger partial charge >= 0.3 is 17.9 Å². The molecule has 0 saturated carbocycles. The largest absolute Gasteiger partial charge is 0.480 e. The van der Waals surface area contributed by atoms with Crippen LogP contribution in [0.4, 0.5) is 0 Å². The topological polar surface area (TPSA) is 115 Å². The summed E-state index contributed by atoms with van der Waals surface area (Å²) in [4.78, 5) is 33.1. The molecule has 0 aromatic heterocycles. The van der Waals surface area contributed by atoms with Crippen molar-refractivity contribution >= 4 is 17.9 Å². The molecule has 0 amide bonds. The Morgan fingerprint density at radius 2 is 1.53 bits per heavy atom. The van der Waals surface area contributed by atoms with Crippen LogP contribution in [0.2, 0.25) is 0 Å². The molecule has 0 aliphatic rings. The fraction of sp³-hybridized carbons (Fsp3) is 0.700. The van der Waals surface area contributed by atoms with Gasteiger partial charge in [0.25, 0.3) is 0 Å². The zero-order chi connectivity index (χ0) is 13.4. The van der Waals surface area contributed by atoms with E-state index < -0.39 is 37.0 Å². The Labute approximate surface area is 98.7 Å². The van der Waals surface area contributed by atoms with E-state index >= 15 is 0 Å². The van der Waals surface area contributed by atoms with Gasteiger partial charge in [0, 0.05) is 0 Å². The van der Waals surface area contributed by atoms with Gasteiger partial charge in [-0.1, -0.05) is 19.8 Å². The normalized spacial score (nSPS) is 12.4. The van der Waals surface area contributed by atoms with Crippen LogP contribution in [0, 0.1) is 0 Å². The first kappa shape index (κ1) is 15.4. The Morgan fingerprint density at radius 1 is 1.06 bits per heavy atom. The van der Waals surface area contributed by atoms with E-state index in [4.69, 9.17) is 15.3 Å². The van der Waals surface area contributed by atoms with Crippen molar-refractivity contribution in [3.8, 4) is 0 Å². The van der Waals surface area contributed by atoms with Gasteiger partial charge in [0.15, 0.2) is 0 Å². The van der Waals surface area contributed by atoms with Crippen molar-refractivity contribution in [1.82, 2.24) is 4.90 Å². The van der Waals surface area contributed by atoms with Gasteiger partial charge in [-0.2, -0.15) is 0 Å². The van der Waals surface area contributed by atoms with Gasteiger partial charge in [0.1, 0.15) is 6.04 Å². The first-order valence-corrected chi connectivity index (χ1v) is 5.28. The van der Waals surface area contributed by atoms with E-state index in [1.807, 2.05) is 6.92 Å². The quantitative estimate of drug-likeness (QED) is 0.529. The predicted octanol–water partition coefficient (Wildman–Crippen LogP) is 0.101. The number of unbranched alkanes of at least 4 members (excludes halogenated alkanes) is 1. The number of aliphatic carboxylic acids is 3. The summed E-state index contributed by atoms with van der Waals surface area (Å²) in [5.41, 5.74) is 0. The van der Waals surface area contributed by atoms with Crippen LogP contribution >= 0.6 is 0 Å². The van der Waals surface area contributed by atoms with Crippen LogP contribution < -0.4 is 0 Å². The third kappa shape index (κ3) is 6.52. The van der Waals surface area contributed by atoms with Crippen LogP contribution in [0.1, 0.15) is 26.2 Å². The van der Waals surface area contributed by atoms with E-state index in [1.165, 1.54) is 0 Å². The smallest absolute Gasteiger partial charge is 0.320 e. The molecule has 1 atom stereocenters. The molecule has 0 aliphatic carbocycles. The third-order valence-electron chi connectivity index (χ3n) is 2.23. The molecule has 0 spiro atoms. The molecule has 0 radical (unpaired) electrons. The minimum atomic E-state index is -1.24. The first-order chi connectivity index (χ1) is 7.88. The van der Waals surface area contributed by atoms with Crippen LogP contribution in [0.15, 0.2) is 0 Å². The standard InChI is InChI=1S/C10H17NO6/c1-2-3-4-7(10(16)17)11(5-8(12)13)6-9(14)15/h7H,2-6H2,1H3,(H,12,13)(H,14,15)(H,16,17). The molecule has 0 heterocycles. The molecular weight excluding hydrogens is 230 g/mol. The molecule has 1 unspecified atom stereocenters. The minimum Gasteiger partial charge on any atom is -0.480 e. The molecule has 7 heteroatoms. The number of hydrogen-bond acceptors (Lipinski definition) is 4. The number of hydrogen-bond donors (Lipinski definition) is 3. The highest BCUT2D eigenvalue weighted by Crippen LogP contribution is 2.09. The fourth-order valence-electron chi connectivity index (χ4n) is 1.48. The van der Waals surface area contributed by atoms with Crippen molar-refractivity contribution in [1.29, 1.82) is 0 Å². The highest BCUT2D eigenvalue weighted by atomic mass is 16.4. The molecule has 3 N–H and O–H groups in total. The lowest BCUT2D eigenvalue weighted by atomic mass is 10.1. The first-order valence-electron chi connectivity index (χ1n) is 5.28. The highest BCUT2D eigenvalue weighted by Gasteiger charge is 2.28. The van der Waals surface area contributed by atoms with E-state index in [1.54, 1.807) is 0 Å². The average Bonchev–Trinajstić information content (AvgIpc) is 2.15.